The number of methoxy groups -OCH3 is 1. The minimum atomic E-state index is -0.220. The largest absolute Gasteiger partial charge is 0.469 e. The first kappa shape index (κ1) is 14.0. The Morgan fingerprint density at radius 1 is 1.35 bits per heavy atom. The van der Waals surface area contributed by atoms with Crippen molar-refractivity contribution in [2.75, 3.05) is 33.4 Å². The highest BCUT2D eigenvalue weighted by molar-refractivity contribution is 5.79. The second-order valence-corrected chi connectivity index (χ2v) is 4.21. The van der Waals surface area contributed by atoms with Crippen LogP contribution in [0.5, 0.6) is 0 Å². The topological polar surface area (TPSA) is 55.8 Å². The number of hydrogen-bond acceptors (Lipinski definition) is 4. The maximum Gasteiger partial charge on any atom is 0.310 e. The molecule has 0 aromatic heterocycles. The number of esters is 1. The van der Waals surface area contributed by atoms with E-state index >= 15 is 0 Å². The summed E-state index contributed by atoms with van der Waals surface area (Å²) in [6.45, 7) is 4.32. The molecule has 0 aromatic carbocycles. The molecule has 1 heterocycles. The molecular weight excluding hydrogens is 222 g/mol. The summed E-state index contributed by atoms with van der Waals surface area (Å²) < 4.78 is 9.94. The van der Waals surface area contributed by atoms with Crippen molar-refractivity contribution < 1.29 is 19.1 Å². The molecule has 1 unspecified atom stereocenters. The van der Waals surface area contributed by atoms with Crippen LogP contribution >= 0.6 is 0 Å². The van der Waals surface area contributed by atoms with Crippen molar-refractivity contribution in [3.05, 3.63) is 0 Å². The van der Waals surface area contributed by atoms with Crippen LogP contribution in [0.2, 0.25) is 0 Å². The van der Waals surface area contributed by atoms with Gasteiger partial charge in [0.15, 0.2) is 0 Å². The van der Waals surface area contributed by atoms with Gasteiger partial charge in [-0.25, -0.2) is 0 Å². The van der Waals surface area contributed by atoms with Gasteiger partial charge in [0.2, 0.25) is 5.91 Å². The minimum absolute atomic E-state index is 0.0625. The van der Waals surface area contributed by atoms with Crippen molar-refractivity contribution in [2.24, 2.45) is 5.92 Å². The van der Waals surface area contributed by atoms with Gasteiger partial charge in [-0.3, -0.25) is 9.59 Å². The fourth-order valence-electron chi connectivity index (χ4n) is 1.91. The molecule has 1 aliphatic rings. The van der Waals surface area contributed by atoms with E-state index in [4.69, 9.17) is 4.74 Å². The van der Waals surface area contributed by atoms with Crippen LogP contribution in [0.15, 0.2) is 0 Å². The third-order valence-electron chi connectivity index (χ3n) is 2.88. The van der Waals surface area contributed by atoms with E-state index in [1.807, 2.05) is 6.92 Å². The summed E-state index contributed by atoms with van der Waals surface area (Å²) in [5.41, 5.74) is 0. The van der Waals surface area contributed by atoms with Crippen LogP contribution in [0.4, 0.5) is 0 Å². The summed E-state index contributed by atoms with van der Waals surface area (Å²) in [7, 11) is 1.38. The lowest BCUT2D eigenvalue weighted by Crippen LogP contribution is -2.30. The highest BCUT2D eigenvalue weighted by atomic mass is 16.5. The molecule has 1 atom stereocenters. The first-order valence-electron chi connectivity index (χ1n) is 6.12. The van der Waals surface area contributed by atoms with Crippen LogP contribution in [0.1, 0.15) is 26.2 Å². The Bertz CT molecular complexity index is 267. The number of nitrogens with zero attached hydrogens (tertiary/aromatic N) is 1. The van der Waals surface area contributed by atoms with Crippen molar-refractivity contribution in [1.82, 2.24) is 4.90 Å². The molecule has 1 amide bonds. The highest BCUT2D eigenvalue weighted by Gasteiger charge is 2.31. The Morgan fingerprint density at radius 3 is 2.76 bits per heavy atom. The van der Waals surface area contributed by atoms with Crippen LogP contribution in [0.3, 0.4) is 0 Å². The van der Waals surface area contributed by atoms with Crippen LogP contribution in [-0.2, 0) is 19.1 Å². The van der Waals surface area contributed by atoms with Crippen molar-refractivity contribution in [3.8, 4) is 0 Å². The maximum absolute atomic E-state index is 11.8. The highest BCUT2D eigenvalue weighted by Crippen LogP contribution is 2.18. The van der Waals surface area contributed by atoms with Gasteiger partial charge in [0.05, 0.1) is 26.1 Å². The van der Waals surface area contributed by atoms with Crippen LogP contribution in [0.25, 0.3) is 0 Å². The monoisotopic (exact) mass is 243 g/mol. The molecule has 0 spiro atoms. The minimum Gasteiger partial charge on any atom is -0.469 e. The van der Waals surface area contributed by atoms with Crippen molar-refractivity contribution in [2.45, 2.75) is 26.2 Å². The molecule has 5 nitrogen and oxygen atoms in total. The van der Waals surface area contributed by atoms with Gasteiger partial charge in [-0.15, -0.1) is 0 Å². The normalized spacial score (nSPS) is 19.4. The van der Waals surface area contributed by atoms with E-state index in [0.717, 1.165) is 6.42 Å². The van der Waals surface area contributed by atoms with E-state index in [-0.39, 0.29) is 17.8 Å². The molecule has 1 rings (SSSR count). The fourth-order valence-corrected chi connectivity index (χ4v) is 1.91. The third-order valence-corrected chi connectivity index (χ3v) is 2.88. The van der Waals surface area contributed by atoms with Gasteiger partial charge in [-0.05, 0) is 12.8 Å². The van der Waals surface area contributed by atoms with Gasteiger partial charge in [0.25, 0.3) is 0 Å². The summed E-state index contributed by atoms with van der Waals surface area (Å²) in [5, 5.41) is 0. The molecule has 0 radical (unpaired) electrons. The van der Waals surface area contributed by atoms with Gasteiger partial charge in [-0.1, -0.05) is 6.92 Å². The van der Waals surface area contributed by atoms with Gasteiger partial charge in [0.1, 0.15) is 0 Å². The average molecular weight is 243 g/mol. The second-order valence-electron chi connectivity index (χ2n) is 4.21. The lowest BCUT2D eigenvalue weighted by Gasteiger charge is -2.15. The first-order chi connectivity index (χ1) is 8.19. The predicted octanol–water partition coefficient (Wildman–Crippen LogP) is 0.825. The van der Waals surface area contributed by atoms with E-state index in [1.54, 1.807) is 4.90 Å². The Kier molecular flexibility index (Phi) is 5.97. The zero-order valence-electron chi connectivity index (χ0n) is 10.6. The first-order valence-corrected chi connectivity index (χ1v) is 6.12. The number of likely N-dealkylation sites (tertiary alicyclic amines) is 1. The molecule has 5 heteroatoms. The number of amides is 1. The summed E-state index contributed by atoms with van der Waals surface area (Å²) in [6, 6.07) is 0. The molecule has 1 saturated heterocycles. The van der Waals surface area contributed by atoms with E-state index < -0.39 is 0 Å². The third kappa shape index (κ3) is 4.34. The van der Waals surface area contributed by atoms with E-state index in [9.17, 15) is 9.59 Å². The molecule has 98 valence electrons. The molecule has 0 saturated carbocycles. The molecule has 1 fully saturated rings. The zero-order valence-corrected chi connectivity index (χ0v) is 10.6. The molecule has 0 bridgehead atoms. The summed E-state index contributed by atoms with van der Waals surface area (Å²) in [4.78, 5) is 24.8. The van der Waals surface area contributed by atoms with Crippen LogP contribution in [-0.4, -0.2) is 50.2 Å². The Balaban J connectivity index is 2.23. The number of hydrogen-bond donors (Lipinski definition) is 0. The summed E-state index contributed by atoms with van der Waals surface area (Å²) >= 11 is 0. The molecule has 17 heavy (non-hydrogen) atoms. The Hall–Kier alpha value is -1.10. The molecule has 0 aromatic rings. The fraction of sp³-hybridized carbons (Fsp3) is 0.833. The number of rotatable bonds is 6. The number of ether oxygens (including phenoxy) is 2. The van der Waals surface area contributed by atoms with Gasteiger partial charge < -0.3 is 14.4 Å². The molecular formula is C12H21NO4. The number of carbonyl (C=O) groups is 2. The SMILES string of the molecule is CCCOCCC(=O)N1CCC(C(=O)OC)C1. The molecule has 1 aliphatic heterocycles. The molecule has 0 aliphatic carbocycles. The smallest absolute Gasteiger partial charge is 0.310 e. The Morgan fingerprint density at radius 2 is 2.12 bits per heavy atom. The van der Waals surface area contributed by atoms with Crippen LogP contribution < -0.4 is 0 Å². The Labute approximate surface area is 102 Å². The lowest BCUT2D eigenvalue weighted by atomic mass is 10.1. The van der Waals surface area contributed by atoms with Gasteiger partial charge in [-0.2, -0.15) is 0 Å². The predicted molar refractivity (Wildman–Crippen MR) is 62.4 cm³/mol. The van der Waals surface area contributed by atoms with E-state index in [1.165, 1.54) is 7.11 Å². The molecule has 0 N–H and O–H groups in total. The quantitative estimate of drug-likeness (QED) is 0.512. The van der Waals surface area contributed by atoms with Gasteiger partial charge in [0, 0.05) is 19.7 Å². The van der Waals surface area contributed by atoms with Gasteiger partial charge >= 0.3 is 5.97 Å². The second kappa shape index (κ2) is 7.27. The zero-order chi connectivity index (χ0) is 12.7. The average Bonchev–Trinajstić information content (AvgIpc) is 2.83. The van der Waals surface area contributed by atoms with E-state index in [2.05, 4.69) is 4.74 Å². The van der Waals surface area contributed by atoms with Crippen molar-refractivity contribution >= 4 is 11.9 Å². The summed E-state index contributed by atoms with van der Waals surface area (Å²) in [6.07, 6.45) is 2.06. The van der Waals surface area contributed by atoms with Crippen molar-refractivity contribution in [1.29, 1.82) is 0 Å². The standard InChI is InChI=1S/C12H21NO4/c1-3-7-17-8-5-11(14)13-6-4-10(9-13)12(15)16-2/h10H,3-9H2,1-2H3. The van der Waals surface area contributed by atoms with Crippen molar-refractivity contribution in [3.63, 3.8) is 0 Å². The van der Waals surface area contributed by atoms with Crippen LogP contribution in [0, 0.1) is 5.92 Å². The maximum atomic E-state index is 11.8. The van der Waals surface area contributed by atoms with E-state index in [0.29, 0.717) is 39.1 Å². The number of carbonyl (C=O) groups excluding carboxylic acids is 2. The summed E-state index contributed by atoms with van der Waals surface area (Å²) in [5.74, 6) is -0.310. The lowest BCUT2D eigenvalue weighted by molar-refractivity contribution is -0.145.